The smallest absolute Gasteiger partial charge is 0.0850 e. The Morgan fingerprint density at radius 1 is 0.929 bits per heavy atom. The fourth-order valence-corrected chi connectivity index (χ4v) is 2.33. The zero-order chi connectivity index (χ0) is 9.12. The van der Waals surface area contributed by atoms with Gasteiger partial charge in [-0.3, -0.25) is 0 Å². The van der Waals surface area contributed by atoms with Gasteiger partial charge < -0.3 is 9.47 Å². The molecule has 0 aromatic carbocycles. The first kappa shape index (κ1) is 7.43. The van der Waals surface area contributed by atoms with Crippen LogP contribution in [0.2, 0.25) is 0 Å². The summed E-state index contributed by atoms with van der Waals surface area (Å²) < 4.78 is 10.6. The van der Waals surface area contributed by atoms with Crippen molar-refractivity contribution < 1.29 is 9.47 Å². The zero-order valence-electron chi connectivity index (χ0n) is 7.95. The molecule has 0 aromatic rings. The van der Waals surface area contributed by atoms with Crippen molar-refractivity contribution in [2.24, 2.45) is 0 Å². The minimum atomic E-state index is 0.517. The molecule has 2 fully saturated rings. The molecule has 0 spiro atoms. The summed E-state index contributed by atoms with van der Waals surface area (Å²) in [5.74, 6) is 0. The molecule has 0 saturated carbocycles. The van der Waals surface area contributed by atoms with Gasteiger partial charge in [-0.05, 0) is 21.6 Å². The molecular formula is C12H12O2. The van der Waals surface area contributed by atoms with Crippen molar-refractivity contribution in [2.45, 2.75) is 25.0 Å². The molecule has 0 bridgehead atoms. The summed E-state index contributed by atoms with van der Waals surface area (Å²) in [4.78, 5) is 0. The van der Waals surface area contributed by atoms with Gasteiger partial charge in [-0.1, -0.05) is 12.1 Å². The van der Waals surface area contributed by atoms with Gasteiger partial charge in [0.25, 0.3) is 0 Å². The highest BCUT2D eigenvalue weighted by atomic mass is 16.6. The maximum atomic E-state index is 5.28. The molecule has 2 heteroatoms. The van der Waals surface area contributed by atoms with Crippen LogP contribution in [0.4, 0.5) is 0 Å². The second kappa shape index (κ2) is 2.38. The number of benzene rings is 1. The van der Waals surface area contributed by atoms with E-state index in [1.54, 1.807) is 11.1 Å². The third kappa shape index (κ3) is 0.983. The minimum Gasteiger partial charge on any atom is -0.373 e. The van der Waals surface area contributed by atoms with Gasteiger partial charge in [-0.2, -0.15) is 0 Å². The van der Waals surface area contributed by atoms with E-state index < -0.39 is 0 Å². The van der Waals surface area contributed by atoms with Crippen molar-refractivity contribution in [3.8, 4) is 0 Å². The molecule has 0 N–H and O–H groups in total. The van der Waals surface area contributed by atoms with Crippen LogP contribution in [-0.4, -0.2) is 25.4 Å². The van der Waals surface area contributed by atoms with Gasteiger partial charge in [-0.25, -0.2) is 0 Å². The molecule has 72 valence electrons. The summed E-state index contributed by atoms with van der Waals surface area (Å²) >= 11 is 0. The average molecular weight is 188 g/mol. The maximum absolute atomic E-state index is 5.28. The van der Waals surface area contributed by atoms with E-state index in [0.717, 1.165) is 26.1 Å². The molecule has 2 heterocycles. The number of rotatable bonds is 4. The molecular weight excluding hydrogens is 176 g/mol. The van der Waals surface area contributed by atoms with E-state index in [-0.39, 0.29) is 0 Å². The van der Waals surface area contributed by atoms with Crippen LogP contribution in [0, 0.1) is 10.4 Å². The van der Waals surface area contributed by atoms with Crippen LogP contribution < -0.4 is 0 Å². The van der Waals surface area contributed by atoms with Crippen LogP contribution in [0.3, 0.4) is 0 Å². The van der Waals surface area contributed by atoms with Gasteiger partial charge in [0.1, 0.15) is 0 Å². The third-order valence-corrected chi connectivity index (χ3v) is 3.39. The number of hydrogen-bond donors (Lipinski definition) is 0. The minimum absolute atomic E-state index is 0.517. The van der Waals surface area contributed by atoms with Crippen molar-refractivity contribution in [3.05, 3.63) is 33.7 Å². The molecule has 0 radical (unpaired) electrons. The first-order valence-corrected chi connectivity index (χ1v) is 5.30. The topological polar surface area (TPSA) is 25.1 Å². The van der Waals surface area contributed by atoms with E-state index >= 15 is 0 Å². The highest BCUT2D eigenvalue weighted by Crippen LogP contribution is 2.31. The van der Waals surface area contributed by atoms with Crippen LogP contribution in [-0.2, 0) is 22.3 Å². The molecule has 2 aliphatic carbocycles. The van der Waals surface area contributed by atoms with E-state index in [4.69, 9.17) is 9.47 Å². The van der Waals surface area contributed by atoms with Crippen LogP contribution >= 0.6 is 0 Å². The quantitative estimate of drug-likeness (QED) is 0.673. The normalized spacial score (nSPS) is 30.3. The largest absolute Gasteiger partial charge is 0.373 e. The Balaban J connectivity index is 1.64. The summed E-state index contributed by atoms with van der Waals surface area (Å²) in [7, 11) is 0. The van der Waals surface area contributed by atoms with Gasteiger partial charge in [0.2, 0.25) is 0 Å². The molecule has 4 rings (SSSR count). The average Bonchev–Trinajstić information content (AvgIpc) is 2.96. The van der Waals surface area contributed by atoms with Gasteiger partial charge in [0.05, 0.1) is 25.4 Å². The van der Waals surface area contributed by atoms with Crippen molar-refractivity contribution >= 4 is 0 Å². The fraction of sp³-hybridized carbons (Fsp3) is 0.500. The maximum Gasteiger partial charge on any atom is 0.0850 e. The summed E-state index contributed by atoms with van der Waals surface area (Å²) in [6.07, 6.45) is 3.29. The van der Waals surface area contributed by atoms with Crippen molar-refractivity contribution in [1.29, 1.82) is 0 Å². The molecule has 2 saturated heterocycles. The summed E-state index contributed by atoms with van der Waals surface area (Å²) in [6.45, 7) is 1.92. The Bertz CT molecular complexity index is 439. The first-order chi connectivity index (χ1) is 6.92. The Labute approximate surface area is 82.1 Å². The standard InChI is InChI=1S/C12H12O2/c1-2-10-9(1)11(3-7-5-13-7)12(10)4-8-6-14-8/h1-2,7-8H,3-6H2. The fourth-order valence-electron chi connectivity index (χ4n) is 2.33. The second-order valence-corrected chi connectivity index (χ2v) is 4.44. The summed E-state index contributed by atoms with van der Waals surface area (Å²) in [6, 6.07) is 4.45. The number of hydrogen-bond acceptors (Lipinski definition) is 2. The monoisotopic (exact) mass is 188 g/mol. The molecule has 2 aliphatic heterocycles. The van der Waals surface area contributed by atoms with Crippen molar-refractivity contribution in [1.82, 2.24) is 0 Å². The van der Waals surface area contributed by atoms with E-state index in [2.05, 4.69) is 12.1 Å². The lowest BCUT2D eigenvalue weighted by Crippen LogP contribution is -2.12. The van der Waals surface area contributed by atoms with E-state index in [1.807, 2.05) is 0 Å². The molecule has 2 nitrogen and oxygen atoms in total. The van der Waals surface area contributed by atoms with Crippen molar-refractivity contribution in [2.75, 3.05) is 13.2 Å². The van der Waals surface area contributed by atoms with Gasteiger partial charge in [0.15, 0.2) is 0 Å². The highest BCUT2D eigenvalue weighted by molar-refractivity contribution is 5.44. The Morgan fingerprint density at radius 2 is 1.36 bits per heavy atom. The van der Waals surface area contributed by atoms with E-state index in [9.17, 15) is 0 Å². The van der Waals surface area contributed by atoms with Gasteiger partial charge in [-0.15, -0.1) is 0 Å². The van der Waals surface area contributed by atoms with E-state index in [1.165, 1.54) is 10.4 Å². The predicted octanol–water partition coefficient (Wildman–Crippen LogP) is 1.17. The number of epoxide rings is 2. The lowest BCUT2D eigenvalue weighted by molar-refractivity contribution is 0.400. The highest BCUT2D eigenvalue weighted by Gasteiger charge is 2.30. The molecule has 14 heavy (non-hydrogen) atoms. The summed E-state index contributed by atoms with van der Waals surface area (Å²) in [5.41, 5.74) is 3.11. The zero-order valence-corrected chi connectivity index (χ0v) is 7.95. The molecule has 2 unspecified atom stereocenters. The second-order valence-electron chi connectivity index (χ2n) is 4.44. The lowest BCUT2D eigenvalue weighted by Gasteiger charge is -2.18. The van der Waals surface area contributed by atoms with E-state index in [0.29, 0.717) is 12.2 Å². The van der Waals surface area contributed by atoms with Crippen LogP contribution in [0.15, 0.2) is 12.1 Å². The van der Waals surface area contributed by atoms with Crippen molar-refractivity contribution in [3.63, 3.8) is 0 Å². The molecule has 2 atom stereocenters. The first-order valence-electron chi connectivity index (χ1n) is 5.30. The Kier molecular flexibility index (Phi) is 1.27. The molecule has 0 amide bonds. The van der Waals surface area contributed by atoms with Crippen LogP contribution in [0.1, 0.15) is 11.1 Å². The van der Waals surface area contributed by atoms with Crippen LogP contribution in [0.5, 0.6) is 0 Å². The molecule has 0 aromatic heterocycles. The van der Waals surface area contributed by atoms with Gasteiger partial charge >= 0.3 is 0 Å². The summed E-state index contributed by atoms with van der Waals surface area (Å²) in [5, 5.41) is 2.99. The number of ether oxygens (including phenoxy) is 2. The predicted molar refractivity (Wildman–Crippen MR) is 51.0 cm³/mol. The molecule has 4 aliphatic rings. The lowest BCUT2D eigenvalue weighted by atomic mass is 9.85. The Hall–Kier alpha value is -0.860. The Morgan fingerprint density at radius 3 is 1.64 bits per heavy atom. The SMILES string of the molecule is c1cc2c(CC3CO3)c(CC3CO3)c1=2. The van der Waals surface area contributed by atoms with Crippen LogP contribution in [0.25, 0.3) is 0 Å². The van der Waals surface area contributed by atoms with Gasteiger partial charge in [0, 0.05) is 12.8 Å². The third-order valence-electron chi connectivity index (χ3n) is 3.39.